The van der Waals surface area contributed by atoms with E-state index < -0.39 is 0 Å². The van der Waals surface area contributed by atoms with Crippen molar-refractivity contribution >= 4 is 123 Å². The predicted octanol–water partition coefficient (Wildman–Crippen LogP) is 13.7. The number of aryl methyl sites for hydroxylation is 1. The van der Waals surface area contributed by atoms with Crippen molar-refractivity contribution in [1.29, 1.82) is 15.8 Å². The summed E-state index contributed by atoms with van der Waals surface area (Å²) < 4.78 is 24.4. The van der Waals surface area contributed by atoms with Crippen molar-refractivity contribution in [2.75, 3.05) is 188 Å². The Hall–Kier alpha value is -11.6. The highest BCUT2D eigenvalue weighted by atomic mass is 35.5. The van der Waals surface area contributed by atoms with Gasteiger partial charge in [0.05, 0.1) is 117 Å². The van der Waals surface area contributed by atoms with Crippen molar-refractivity contribution in [3.63, 3.8) is 0 Å². The monoisotopic (exact) mass is 1920 g/mol. The molecule has 138 heavy (non-hydrogen) atoms. The van der Waals surface area contributed by atoms with Crippen LogP contribution in [-0.2, 0) is 58.0 Å². The molecular weight excluding hydrogens is 1790 g/mol. The molecule has 728 valence electrons. The molecular formula is C106H133ClN22O7S2. The first-order valence-electron chi connectivity index (χ1n) is 49.0. The third-order valence-corrected chi connectivity index (χ3v) is 29.6. The number of benzene rings is 6. The number of aromatic nitrogens is 6. The molecule has 2 bridgehead atoms. The molecule has 6 aromatic carbocycles. The number of likely N-dealkylation sites (tertiary alicyclic amines) is 3. The quantitative estimate of drug-likeness (QED) is 0.0336. The van der Waals surface area contributed by atoms with Crippen LogP contribution in [0.2, 0.25) is 5.02 Å². The third kappa shape index (κ3) is 23.4. The average Bonchev–Trinajstić information content (AvgIpc) is 1.18. The zero-order valence-corrected chi connectivity index (χ0v) is 83.3. The number of nitrogens with one attached hydrogen (secondary N) is 1. The van der Waals surface area contributed by atoms with Gasteiger partial charge in [-0.25, -0.2) is 0 Å². The van der Waals surface area contributed by atoms with Gasteiger partial charge in [0.2, 0.25) is 17.7 Å². The standard InChI is InChI=1S/C37H47ClN8O3.C36H43N7O2.C33H39N7O2.2H2S/c1-3-45(24-28(14-16-39)40-34(47)13-7-18-44-20-22-48-23-21-44)36-30-15-19-46(33-12-5-9-27-8-4-11-31(38)35(27)33)25-32(30)41-37(42-36)49-26-29-10-6-17-43(29)2;1-3-33(44)43-19-18-42(23-29(43)13-15-37)35-30-14-17-41(32-10-5-9-27-8-4-7-25(2)34(27)32)24-31(30)38-36(39-35)45-20-6-16-40-22-26-11-12-28(40)21-26;1-4-31(41)40-19-23(2)39(20-25(40)14-16-34)32-28-15-18-38(30-13-7-10-24-9-5-6-12-27(24)30)21-29(28)35-33(36-32)42-22-26-11-8-17-37(26)3;;/h4-5,7-9,11-13,28-29H,3,6,10,14-15,17-26H2,1-2H3,(H,40,47);3-5,7-10,26,28-29H,1,6,11-14,16-24H2,2H3;4-7,9-10,12-13,23,25-26H,1,8,11,14-15,17-22H2,2-3H3;2*1H2/b13-7+;;;;/t28-,29-;26-,28+,29-;23-,25-,26-;;/m000../s1. The summed E-state index contributed by atoms with van der Waals surface area (Å²) in [6, 6.07) is 48.8. The molecule has 1 saturated carbocycles. The summed E-state index contributed by atoms with van der Waals surface area (Å²) in [5.41, 5.74) is 11.0. The SMILES string of the molecule is C=CC(=O)N1CCN(c2nc(OCCCN3C[C@H]4CC[C@@H]3C4)nc3c2CCN(c2cccc4cccc(C)c24)C3)C[C@@H]1CC#N.C=CC(=O)N1C[C@H](C)N(c2nc(OC[C@@H]3CCCN3C)nc3c2CCN(c2cccc4ccccc24)C3)C[C@@H]1CC#N.CCN(C[C@H](CC#N)NC(=O)/C=C/CN1CCOCC1)c1nc(OC[C@@H]2CCCN2C)nc2c1CCN(c1cccc3cccc(Cl)c13)C2.S.S. The molecule has 29 nitrogen and oxygen atoms in total. The second-order valence-corrected chi connectivity index (χ2v) is 38.3. The zero-order valence-electron chi connectivity index (χ0n) is 80.5. The van der Waals surface area contributed by atoms with E-state index in [4.69, 9.17) is 60.5 Å². The number of hydrogen-bond acceptors (Lipinski definition) is 26. The molecule has 19 rings (SSSR count). The van der Waals surface area contributed by atoms with Crippen LogP contribution in [0.25, 0.3) is 32.3 Å². The number of hydrogen-bond donors (Lipinski definition) is 1. The van der Waals surface area contributed by atoms with E-state index in [0.717, 1.165) is 182 Å². The first-order valence-corrected chi connectivity index (χ1v) is 49.4. The smallest absolute Gasteiger partial charge is 0.318 e. The molecule has 10 aliphatic rings. The summed E-state index contributed by atoms with van der Waals surface area (Å²) in [6.07, 6.45) is 18.7. The number of morpholine rings is 1. The van der Waals surface area contributed by atoms with Gasteiger partial charge in [0.25, 0.3) is 0 Å². The maximum absolute atomic E-state index is 13.0. The maximum Gasteiger partial charge on any atom is 0.318 e. The maximum atomic E-state index is 13.0. The number of rotatable bonds is 29. The molecule has 1 aliphatic carbocycles. The fourth-order valence-electron chi connectivity index (χ4n) is 22.0. The summed E-state index contributed by atoms with van der Waals surface area (Å²) >= 11 is 6.73. The minimum absolute atomic E-state index is 0. The van der Waals surface area contributed by atoms with Gasteiger partial charge in [0.15, 0.2) is 0 Å². The highest BCUT2D eigenvalue weighted by molar-refractivity contribution is 7.59. The number of likely N-dealkylation sites (N-methyl/N-ethyl adjacent to an activating group) is 3. The van der Waals surface area contributed by atoms with Crippen LogP contribution in [0.1, 0.15) is 124 Å². The van der Waals surface area contributed by atoms with E-state index in [1.54, 1.807) is 15.9 Å². The zero-order chi connectivity index (χ0) is 94.3. The summed E-state index contributed by atoms with van der Waals surface area (Å²) in [7, 11) is 4.27. The van der Waals surface area contributed by atoms with Crippen molar-refractivity contribution in [1.82, 2.24) is 64.6 Å². The first-order chi connectivity index (χ1) is 66.4. The third-order valence-electron chi connectivity index (χ3n) is 29.3. The molecule has 7 fully saturated rings. The number of ether oxygens (including phenoxy) is 4. The molecule has 0 spiro atoms. The Morgan fingerprint density at radius 1 is 0.587 bits per heavy atom. The Labute approximate surface area is 831 Å². The minimum Gasteiger partial charge on any atom is -0.463 e. The lowest BCUT2D eigenvalue weighted by molar-refractivity contribution is -0.129. The normalized spacial score (nSPS) is 21.1. The molecule has 32 heteroatoms. The molecule has 3 amide bonds. The van der Waals surface area contributed by atoms with Gasteiger partial charge in [-0.2, -0.15) is 72.7 Å². The number of fused-ring (bicyclic) bond motifs is 8. The number of carbonyl (C=O) groups is 3. The summed E-state index contributed by atoms with van der Waals surface area (Å²) in [6.45, 7) is 31.8. The van der Waals surface area contributed by atoms with Crippen molar-refractivity contribution in [2.45, 2.75) is 173 Å². The van der Waals surface area contributed by atoms with E-state index in [0.29, 0.717) is 135 Å². The van der Waals surface area contributed by atoms with E-state index in [2.05, 4.69) is 224 Å². The Kier molecular flexibility index (Phi) is 34.6. The van der Waals surface area contributed by atoms with Gasteiger partial charge in [-0.15, -0.1) is 0 Å². The van der Waals surface area contributed by atoms with E-state index in [1.165, 1.54) is 82.9 Å². The number of piperazine rings is 2. The van der Waals surface area contributed by atoms with E-state index >= 15 is 0 Å². The van der Waals surface area contributed by atoms with Crippen molar-refractivity contribution in [3.8, 4) is 36.2 Å². The van der Waals surface area contributed by atoms with Crippen LogP contribution in [0.5, 0.6) is 18.0 Å². The van der Waals surface area contributed by atoms with Gasteiger partial charge < -0.3 is 73.3 Å². The molecule has 12 heterocycles. The largest absolute Gasteiger partial charge is 0.463 e. The summed E-state index contributed by atoms with van der Waals surface area (Å²) in [5, 5.41) is 39.7. The molecule has 9 aliphatic heterocycles. The van der Waals surface area contributed by atoms with Gasteiger partial charge in [-0.3, -0.25) is 24.2 Å². The molecule has 3 aromatic heterocycles. The van der Waals surface area contributed by atoms with Crippen LogP contribution in [0.4, 0.5) is 34.5 Å². The molecule has 6 saturated heterocycles. The van der Waals surface area contributed by atoms with Gasteiger partial charge in [0.1, 0.15) is 30.7 Å². The molecule has 9 aromatic rings. The van der Waals surface area contributed by atoms with Crippen LogP contribution >= 0.6 is 38.6 Å². The lowest BCUT2D eigenvalue weighted by atomic mass is 9.99. The lowest BCUT2D eigenvalue weighted by Gasteiger charge is -2.46. The highest BCUT2D eigenvalue weighted by Gasteiger charge is 2.41. The Balaban J connectivity index is 0.000000156. The number of anilines is 6. The predicted molar refractivity (Wildman–Crippen MR) is 555 cm³/mol. The fraction of sp³-hybridized carbons (Fsp3) is 0.491. The van der Waals surface area contributed by atoms with Crippen molar-refractivity contribution in [2.24, 2.45) is 5.92 Å². The minimum atomic E-state index is -0.384. The highest BCUT2D eigenvalue weighted by Crippen LogP contribution is 2.43. The molecule has 0 radical (unpaired) electrons. The van der Waals surface area contributed by atoms with Crippen LogP contribution < -0.4 is 48.9 Å². The van der Waals surface area contributed by atoms with Crippen LogP contribution in [0.3, 0.4) is 0 Å². The number of halogens is 1. The van der Waals surface area contributed by atoms with Crippen molar-refractivity contribution in [3.05, 3.63) is 197 Å². The second kappa shape index (κ2) is 47.4. The fourth-order valence-corrected chi connectivity index (χ4v) is 22.2. The molecule has 8 atom stereocenters. The van der Waals surface area contributed by atoms with Gasteiger partial charge >= 0.3 is 18.0 Å². The Morgan fingerprint density at radius 2 is 1.15 bits per heavy atom. The van der Waals surface area contributed by atoms with Crippen LogP contribution in [0.15, 0.2) is 153 Å². The second-order valence-electron chi connectivity index (χ2n) is 37.9. The first kappa shape index (κ1) is 101. The number of nitrogens with zero attached hydrogens (tertiary/aromatic N) is 21. The number of piperidine rings is 1. The Bertz CT molecular complexity index is 5950. The Morgan fingerprint density at radius 3 is 1.78 bits per heavy atom. The lowest BCUT2D eigenvalue weighted by Crippen LogP contribution is -2.59. The average molecular weight is 1930 g/mol. The topological polar surface area (TPSA) is 288 Å². The van der Waals surface area contributed by atoms with Crippen molar-refractivity contribution < 1.29 is 33.3 Å². The van der Waals surface area contributed by atoms with Crippen LogP contribution in [-0.4, -0.2) is 278 Å². The van der Waals surface area contributed by atoms with Gasteiger partial charge in [-0.05, 0) is 183 Å². The number of nitriles is 3. The van der Waals surface area contributed by atoms with Gasteiger partial charge in [-0.1, -0.05) is 122 Å². The summed E-state index contributed by atoms with van der Waals surface area (Å²) in [4.78, 5) is 95.2. The summed E-state index contributed by atoms with van der Waals surface area (Å²) in [5.74, 6) is 2.98. The number of carbonyl (C=O) groups excluding carboxylic acids is 3. The van der Waals surface area contributed by atoms with Crippen LogP contribution in [0, 0.1) is 46.8 Å². The van der Waals surface area contributed by atoms with E-state index in [-0.39, 0.29) is 88.1 Å². The van der Waals surface area contributed by atoms with Gasteiger partial charge in [0, 0.05) is 178 Å². The van der Waals surface area contributed by atoms with E-state index in [1.807, 2.05) is 18.2 Å². The number of amides is 3. The van der Waals surface area contributed by atoms with E-state index in [9.17, 15) is 30.2 Å². The molecule has 1 N–H and O–H groups in total. The molecule has 0 unspecified atom stereocenters.